The second-order valence-corrected chi connectivity index (χ2v) is 14.5. The smallest absolute Gasteiger partial charge is 0.0554 e. The van der Waals surface area contributed by atoms with E-state index in [4.69, 9.17) is 0 Å². The van der Waals surface area contributed by atoms with Gasteiger partial charge in [-0.15, -0.1) is 11.3 Å². The molecule has 10 aromatic rings. The predicted molar refractivity (Wildman–Crippen MR) is 225 cm³/mol. The number of rotatable bonds is 6. The Morgan fingerprint density at radius 2 is 0.769 bits per heavy atom. The first-order chi connectivity index (χ1) is 25.7. The lowest BCUT2D eigenvalue weighted by atomic mass is 9.97. The number of thiophene rings is 1. The van der Waals surface area contributed by atoms with Crippen LogP contribution in [-0.2, 0) is 0 Å². The van der Waals surface area contributed by atoms with Crippen LogP contribution < -0.4 is 4.90 Å². The first-order valence-corrected chi connectivity index (χ1v) is 18.6. The standard InChI is InChI=1S/C50H33NS/c1-2-9-34(10-3-1)39-19-21-43-33-41(20-22-42(43)32-39)37-25-29-45(30-26-37)51(47-14-8-16-49-50(47)46-13-6-7-15-48(46)52-49)44-27-23-36(24-28-44)40-18-17-35-11-4-5-12-38(35)31-40/h1-33H. The van der Waals surface area contributed by atoms with Gasteiger partial charge in [0.2, 0.25) is 0 Å². The van der Waals surface area contributed by atoms with Crippen LogP contribution in [0.5, 0.6) is 0 Å². The van der Waals surface area contributed by atoms with Crippen LogP contribution in [0.1, 0.15) is 0 Å². The topological polar surface area (TPSA) is 3.24 Å². The predicted octanol–water partition coefficient (Wildman–Crippen LogP) is 14.8. The first-order valence-electron chi connectivity index (χ1n) is 17.7. The summed E-state index contributed by atoms with van der Waals surface area (Å²) >= 11 is 1.86. The Balaban J connectivity index is 1.05. The summed E-state index contributed by atoms with van der Waals surface area (Å²) in [5, 5.41) is 7.58. The summed E-state index contributed by atoms with van der Waals surface area (Å²) in [5.41, 5.74) is 10.7. The lowest BCUT2D eigenvalue weighted by molar-refractivity contribution is 1.30. The summed E-state index contributed by atoms with van der Waals surface area (Å²) in [6.45, 7) is 0. The van der Waals surface area contributed by atoms with Gasteiger partial charge in [0.05, 0.1) is 5.69 Å². The number of benzene rings is 9. The van der Waals surface area contributed by atoms with Crippen molar-refractivity contribution in [2.75, 3.05) is 4.90 Å². The number of hydrogen-bond acceptors (Lipinski definition) is 2. The molecule has 0 fully saturated rings. The minimum Gasteiger partial charge on any atom is -0.310 e. The zero-order valence-corrected chi connectivity index (χ0v) is 29.2. The summed E-state index contributed by atoms with van der Waals surface area (Å²) < 4.78 is 2.60. The molecule has 0 unspecified atom stereocenters. The van der Waals surface area contributed by atoms with Crippen molar-refractivity contribution in [3.8, 4) is 33.4 Å². The molecule has 9 aromatic carbocycles. The Labute approximate surface area is 307 Å². The van der Waals surface area contributed by atoms with E-state index in [1.165, 1.54) is 80.8 Å². The van der Waals surface area contributed by atoms with Gasteiger partial charge in [-0.05, 0) is 116 Å². The summed E-state index contributed by atoms with van der Waals surface area (Å²) in [6.07, 6.45) is 0. The molecule has 0 spiro atoms. The van der Waals surface area contributed by atoms with E-state index in [1.54, 1.807) is 0 Å². The van der Waals surface area contributed by atoms with Crippen LogP contribution in [0.3, 0.4) is 0 Å². The third kappa shape index (κ3) is 5.42. The molecule has 0 amide bonds. The van der Waals surface area contributed by atoms with Gasteiger partial charge in [-0.1, -0.05) is 140 Å². The highest BCUT2D eigenvalue weighted by molar-refractivity contribution is 7.26. The van der Waals surface area contributed by atoms with Gasteiger partial charge >= 0.3 is 0 Å². The quantitative estimate of drug-likeness (QED) is 0.169. The van der Waals surface area contributed by atoms with Gasteiger partial charge in [-0.3, -0.25) is 0 Å². The highest BCUT2D eigenvalue weighted by Gasteiger charge is 2.19. The van der Waals surface area contributed by atoms with Crippen molar-refractivity contribution in [3.05, 3.63) is 200 Å². The van der Waals surface area contributed by atoms with Crippen LogP contribution in [0.15, 0.2) is 200 Å². The van der Waals surface area contributed by atoms with Crippen LogP contribution in [-0.4, -0.2) is 0 Å². The SMILES string of the molecule is c1ccc(-c2ccc3cc(-c4ccc(N(c5ccc(-c6ccc7ccccc7c6)cc5)c5cccc6sc7ccccc7c56)cc4)ccc3c2)cc1. The average molecular weight is 680 g/mol. The van der Waals surface area contributed by atoms with Crippen LogP contribution in [0.25, 0.3) is 75.1 Å². The van der Waals surface area contributed by atoms with Crippen LogP contribution in [0.4, 0.5) is 17.1 Å². The normalized spacial score (nSPS) is 11.5. The molecule has 0 radical (unpaired) electrons. The van der Waals surface area contributed by atoms with E-state index in [0.29, 0.717) is 0 Å². The van der Waals surface area contributed by atoms with Gasteiger partial charge in [0.25, 0.3) is 0 Å². The number of hydrogen-bond donors (Lipinski definition) is 0. The third-order valence-electron chi connectivity index (χ3n) is 10.2. The molecule has 10 rings (SSSR count). The summed E-state index contributed by atoms with van der Waals surface area (Å²) in [4.78, 5) is 2.42. The fourth-order valence-electron chi connectivity index (χ4n) is 7.58. The molecule has 0 aliphatic rings. The summed E-state index contributed by atoms with van der Waals surface area (Å²) in [5.74, 6) is 0. The monoisotopic (exact) mass is 679 g/mol. The second kappa shape index (κ2) is 12.7. The highest BCUT2D eigenvalue weighted by atomic mass is 32.1. The van der Waals surface area contributed by atoms with Crippen molar-refractivity contribution in [1.82, 2.24) is 0 Å². The Morgan fingerprint density at radius 1 is 0.308 bits per heavy atom. The molecule has 244 valence electrons. The lowest BCUT2D eigenvalue weighted by Crippen LogP contribution is -2.10. The molecular weight excluding hydrogens is 647 g/mol. The fraction of sp³-hybridized carbons (Fsp3) is 0. The minimum atomic E-state index is 1.12. The number of fused-ring (bicyclic) bond motifs is 5. The Bertz CT molecular complexity index is 2890. The van der Waals surface area contributed by atoms with Gasteiger partial charge in [0.1, 0.15) is 0 Å². The zero-order chi connectivity index (χ0) is 34.4. The van der Waals surface area contributed by atoms with Gasteiger partial charge in [-0.2, -0.15) is 0 Å². The fourth-order valence-corrected chi connectivity index (χ4v) is 8.71. The maximum absolute atomic E-state index is 2.42. The van der Waals surface area contributed by atoms with E-state index >= 15 is 0 Å². The van der Waals surface area contributed by atoms with Gasteiger partial charge in [-0.25, -0.2) is 0 Å². The molecule has 0 bridgehead atoms. The average Bonchev–Trinajstić information content (AvgIpc) is 3.61. The first kappa shape index (κ1) is 30.4. The molecule has 52 heavy (non-hydrogen) atoms. The third-order valence-corrected chi connectivity index (χ3v) is 11.4. The summed E-state index contributed by atoms with van der Waals surface area (Å²) in [6, 6.07) is 73.0. The molecule has 0 aliphatic carbocycles. The molecule has 0 atom stereocenters. The largest absolute Gasteiger partial charge is 0.310 e. The van der Waals surface area contributed by atoms with Crippen molar-refractivity contribution in [2.45, 2.75) is 0 Å². The molecule has 1 aromatic heterocycles. The van der Waals surface area contributed by atoms with E-state index in [2.05, 4.69) is 205 Å². The lowest BCUT2D eigenvalue weighted by Gasteiger charge is -2.27. The molecule has 1 heterocycles. The van der Waals surface area contributed by atoms with E-state index < -0.39 is 0 Å². The molecule has 0 N–H and O–H groups in total. The number of nitrogens with zero attached hydrogens (tertiary/aromatic N) is 1. The van der Waals surface area contributed by atoms with Gasteiger partial charge in [0, 0.05) is 31.5 Å². The molecule has 0 saturated carbocycles. The highest BCUT2D eigenvalue weighted by Crippen LogP contribution is 2.45. The molecule has 1 nitrogen and oxygen atoms in total. The van der Waals surface area contributed by atoms with Crippen molar-refractivity contribution >= 4 is 70.1 Å². The molecule has 0 aliphatic heterocycles. The van der Waals surface area contributed by atoms with Gasteiger partial charge < -0.3 is 4.90 Å². The van der Waals surface area contributed by atoms with E-state index in [1.807, 2.05) is 11.3 Å². The van der Waals surface area contributed by atoms with Gasteiger partial charge in [0.15, 0.2) is 0 Å². The van der Waals surface area contributed by atoms with E-state index in [0.717, 1.165) is 11.4 Å². The van der Waals surface area contributed by atoms with Crippen molar-refractivity contribution in [1.29, 1.82) is 0 Å². The van der Waals surface area contributed by atoms with E-state index in [9.17, 15) is 0 Å². The minimum absolute atomic E-state index is 1.12. The zero-order valence-electron chi connectivity index (χ0n) is 28.4. The Hall–Kier alpha value is -6.48. The number of anilines is 3. The van der Waals surface area contributed by atoms with Crippen LogP contribution in [0.2, 0.25) is 0 Å². The van der Waals surface area contributed by atoms with Crippen molar-refractivity contribution in [2.24, 2.45) is 0 Å². The molecule has 2 heteroatoms. The Kier molecular flexibility index (Phi) is 7.41. The van der Waals surface area contributed by atoms with Crippen molar-refractivity contribution in [3.63, 3.8) is 0 Å². The molecular formula is C50H33NS. The molecule has 0 saturated heterocycles. The Morgan fingerprint density at radius 3 is 1.40 bits per heavy atom. The second-order valence-electron chi connectivity index (χ2n) is 13.4. The van der Waals surface area contributed by atoms with Crippen LogP contribution >= 0.6 is 11.3 Å². The maximum atomic E-state index is 2.42. The maximum Gasteiger partial charge on any atom is 0.0554 e. The van der Waals surface area contributed by atoms with Crippen LogP contribution in [0, 0.1) is 0 Å². The summed E-state index contributed by atoms with van der Waals surface area (Å²) in [7, 11) is 0. The van der Waals surface area contributed by atoms with Crippen molar-refractivity contribution < 1.29 is 0 Å². The van der Waals surface area contributed by atoms with E-state index in [-0.39, 0.29) is 0 Å².